The van der Waals surface area contributed by atoms with Gasteiger partial charge in [0.15, 0.2) is 0 Å². The van der Waals surface area contributed by atoms with Gasteiger partial charge >= 0.3 is 0 Å². The molecule has 1 heteroatoms. The van der Waals surface area contributed by atoms with Gasteiger partial charge in [-0.2, -0.15) is 0 Å². The predicted molar refractivity (Wildman–Crippen MR) is 125 cm³/mol. The molecule has 0 unspecified atom stereocenters. The van der Waals surface area contributed by atoms with Crippen molar-refractivity contribution in [2.24, 2.45) is 0 Å². The predicted octanol–water partition coefficient (Wildman–Crippen LogP) is 5.80. The SMILES string of the molecule is Cc1cccc([P+](Cc2ccccc2)(c2ccccc2)c2ccccc2)c1C. The van der Waals surface area contributed by atoms with Crippen molar-refractivity contribution >= 4 is 23.2 Å². The standard InChI is InChI=1S/C27H26P/c1-22-13-12-20-27(23(22)2)28(25-16-8-4-9-17-25,26-18-10-5-11-19-26)21-24-14-6-3-7-15-24/h3-20H,21H2,1-2H3/q+1. The first kappa shape index (κ1) is 18.7. The Hall–Kier alpha value is -2.69. The van der Waals surface area contributed by atoms with Crippen LogP contribution in [0.2, 0.25) is 0 Å². The summed E-state index contributed by atoms with van der Waals surface area (Å²) in [7, 11) is -1.84. The second-order valence-electron chi connectivity index (χ2n) is 7.34. The third-order valence-corrected chi connectivity index (χ3v) is 10.1. The van der Waals surface area contributed by atoms with Gasteiger partial charge in [0.2, 0.25) is 0 Å². The van der Waals surface area contributed by atoms with E-state index in [4.69, 9.17) is 0 Å². The van der Waals surface area contributed by atoms with E-state index in [1.165, 1.54) is 32.6 Å². The first-order valence-electron chi connectivity index (χ1n) is 9.82. The van der Waals surface area contributed by atoms with Gasteiger partial charge in [0, 0.05) is 0 Å². The molecule has 4 aromatic rings. The van der Waals surface area contributed by atoms with Gasteiger partial charge in [-0.15, -0.1) is 0 Å². The highest BCUT2D eigenvalue weighted by molar-refractivity contribution is 7.95. The Bertz CT molecular complexity index is 998. The molecular formula is C27H26P+. The summed E-state index contributed by atoms with van der Waals surface area (Å²) in [6, 6.07) is 40.0. The fourth-order valence-electron chi connectivity index (χ4n) is 4.07. The highest BCUT2D eigenvalue weighted by Gasteiger charge is 2.46. The molecule has 0 N–H and O–H groups in total. The van der Waals surface area contributed by atoms with E-state index in [1.54, 1.807) is 0 Å². The Labute approximate surface area is 169 Å². The van der Waals surface area contributed by atoms with E-state index >= 15 is 0 Å². The van der Waals surface area contributed by atoms with E-state index in [0.717, 1.165) is 6.16 Å². The fraction of sp³-hybridized carbons (Fsp3) is 0.111. The van der Waals surface area contributed by atoms with Crippen molar-refractivity contribution in [1.82, 2.24) is 0 Å². The van der Waals surface area contributed by atoms with Crippen molar-refractivity contribution in [3.8, 4) is 0 Å². The molecule has 4 aromatic carbocycles. The van der Waals surface area contributed by atoms with Gasteiger partial charge in [0.05, 0.1) is 6.16 Å². The van der Waals surface area contributed by atoms with E-state index in [0.29, 0.717) is 0 Å². The van der Waals surface area contributed by atoms with Crippen LogP contribution in [0.25, 0.3) is 0 Å². The molecule has 0 saturated heterocycles. The summed E-state index contributed by atoms with van der Waals surface area (Å²) in [4.78, 5) is 0. The van der Waals surface area contributed by atoms with Crippen molar-refractivity contribution in [3.05, 3.63) is 126 Å². The lowest BCUT2D eigenvalue weighted by atomic mass is 10.1. The van der Waals surface area contributed by atoms with Crippen LogP contribution in [0.15, 0.2) is 109 Å². The molecule has 4 rings (SSSR count). The molecule has 0 fully saturated rings. The molecule has 0 aromatic heterocycles. The van der Waals surface area contributed by atoms with Gasteiger partial charge in [-0.05, 0) is 60.9 Å². The monoisotopic (exact) mass is 381 g/mol. The van der Waals surface area contributed by atoms with Gasteiger partial charge in [-0.25, -0.2) is 0 Å². The zero-order valence-corrected chi connectivity index (χ0v) is 17.4. The average molecular weight is 381 g/mol. The van der Waals surface area contributed by atoms with Crippen LogP contribution in [0.4, 0.5) is 0 Å². The van der Waals surface area contributed by atoms with E-state index in [-0.39, 0.29) is 0 Å². The van der Waals surface area contributed by atoms with Crippen LogP contribution in [-0.4, -0.2) is 0 Å². The van der Waals surface area contributed by atoms with Crippen LogP contribution in [-0.2, 0) is 6.16 Å². The van der Waals surface area contributed by atoms with E-state index < -0.39 is 7.26 Å². The van der Waals surface area contributed by atoms with Crippen LogP contribution < -0.4 is 15.9 Å². The largest absolute Gasteiger partial charge is 0.116 e. The molecule has 0 nitrogen and oxygen atoms in total. The molecule has 0 atom stereocenters. The molecule has 0 heterocycles. The highest BCUT2D eigenvalue weighted by Crippen LogP contribution is 2.58. The summed E-state index contributed by atoms with van der Waals surface area (Å²) in [6.45, 7) is 4.52. The summed E-state index contributed by atoms with van der Waals surface area (Å²) in [5.74, 6) is 0. The molecule has 0 aliphatic rings. The van der Waals surface area contributed by atoms with Gasteiger partial charge in [-0.1, -0.05) is 78.9 Å². The second kappa shape index (κ2) is 8.13. The molecule has 0 aliphatic carbocycles. The van der Waals surface area contributed by atoms with Gasteiger partial charge in [0.25, 0.3) is 0 Å². The molecule has 0 amide bonds. The van der Waals surface area contributed by atoms with Crippen molar-refractivity contribution < 1.29 is 0 Å². The Morgan fingerprint density at radius 3 is 1.57 bits per heavy atom. The molecule has 0 bridgehead atoms. The van der Waals surface area contributed by atoms with E-state index in [1.807, 2.05) is 0 Å². The smallest absolute Gasteiger partial charge is 0.0622 e. The minimum Gasteiger partial charge on any atom is -0.0622 e. The molecule has 0 radical (unpaired) electrons. The highest BCUT2D eigenvalue weighted by atomic mass is 31.2. The van der Waals surface area contributed by atoms with Crippen LogP contribution >= 0.6 is 7.26 Å². The van der Waals surface area contributed by atoms with Crippen LogP contribution in [0.5, 0.6) is 0 Å². The first-order chi connectivity index (χ1) is 13.7. The molecule has 0 spiro atoms. The van der Waals surface area contributed by atoms with Crippen molar-refractivity contribution in [1.29, 1.82) is 0 Å². The number of hydrogen-bond donors (Lipinski definition) is 0. The molecule has 0 aliphatic heterocycles. The third-order valence-electron chi connectivity index (χ3n) is 5.64. The first-order valence-corrected chi connectivity index (χ1v) is 11.8. The second-order valence-corrected chi connectivity index (χ2v) is 10.8. The minimum atomic E-state index is -1.84. The minimum absolute atomic E-state index is 1.03. The Morgan fingerprint density at radius 2 is 1.04 bits per heavy atom. The number of hydrogen-bond acceptors (Lipinski definition) is 0. The number of benzene rings is 4. The van der Waals surface area contributed by atoms with Crippen molar-refractivity contribution in [2.75, 3.05) is 0 Å². The van der Waals surface area contributed by atoms with Crippen molar-refractivity contribution in [2.45, 2.75) is 20.0 Å². The van der Waals surface area contributed by atoms with Crippen LogP contribution in [0, 0.1) is 13.8 Å². The number of aryl methyl sites for hydroxylation is 1. The summed E-state index contributed by atoms with van der Waals surface area (Å²) in [6.07, 6.45) is 1.03. The van der Waals surface area contributed by atoms with Gasteiger partial charge in [0.1, 0.15) is 23.2 Å². The number of rotatable bonds is 5. The maximum absolute atomic E-state index is 2.36. The van der Waals surface area contributed by atoms with Gasteiger partial charge < -0.3 is 0 Å². The van der Waals surface area contributed by atoms with E-state index in [9.17, 15) is 0 Å². The topological polar surface area (TPSA) is 0 Å². The Kier molecular flexibility index (Phi) is 5.42. The molecule has 0 saturated carbocycles. The zero-order valence-electron chi connectivity index (χ0n) is 16.5. The maximum Gasteiger partial charge on any atom is 0.116 e. The lowest BCUT2D eigenvalue weighted by Crippen LogP contribution is -2.34. The molecular weight excluding hydrogens is 355 g/mol. The summed E-state index contributed by atoms with van der Waals surface area (Å²) in [5.41, 5.74) is 4.17. The van der Waals surface area contributed by atoms with E-state index in [2.05, 4.69) is 123 Å². The lowest BCUT2D eigenvalue weighted by molar-refractivity contribution is 1.35. The van der Waals surface area contributed by atoms with Gasteiger partial charge in [-0.3, -0.25) is 0 Å². The zero-order chi connectivity index (χ0) is 19.4. The fourth-order valence-corrected chi connectivity index (χ4v) is 8.67. The van der Waals surface area contributed by atoms with Crippen LogP contribution in [0.1, 0.15) is 16.7 Å². The normalized spacial score (nSPS) is 11.4. The Morgan fingerprint density at radius 1 is 0.536 bits per heavy atom. The maximum atomic E-state index is 2.36. The lowest BCUT2D eigenvalue weighted by Gasteiger charge is -2.29. The average Bonchev–Trinajstić information content (AvgIpc) is 2.76. The summed E-state index contributed by atoms with van der Waals surface area (Å²) >= 11 is 0. The Balaban J connectivity index is 2.07. The third kappa shape index (κ3) is 3.41. The van der Waals surface area contributed by atoms with Crippen molar-refractivity contribution in [3.63, 3.8) is 0 Å². The quantitative estimate of drug-likeness (QED) is 0.383. The molecule has 28 heavy (non-hydrogen) atoms. The molecule has 138 valence electrons. The van der Waals surface area contributed by atoms with Crippen LogP contribution in [0.3, 0.4) is 0 Å². The summed E-state index contributed by atoms with van der Waals surface area (Å²) < 4.78 is 0. The summed E-state index contributed by atoms with van der Waals surface area (Å²) in [5, 5.41) is 4.38.